The maximum Gasteiger partial charge on any atom is 0.356 e. The molecule has 4 nitrogen and oxygen atoms in total. The van der Waals surface area contributed by atoms with Gasteiger partial charge < -0.3 is 9.67 Å². The van der Waals surface area contributed by atoms with E-state index in [2.05, 4.69) is 37.9 Å². The monoisotopic (exact) mass is 258 g/mol. The van der Waals surface area contributed by atoms with E-state index in [0.29, 0.717) is 5.82 Å². The number of benzene rings is 1. The van der Waals surface area contributed by atoms with E-state index in [1.165, 1.54) is 5.56 Å². The van der Waals surface area contributed by atoms with Crippen LogP contribution in [0.1, 0.15) is 42.6 Å². The van der Waals surface area contributed by atoms with Crippen molar-refractivity contribution in [3.63, 3.8) is 0 Å². The van der Waals surface area contributed by atoms with E-state index in [-0.39, 0.29) is 11.1 Å². The summed E-state index contributed by atoms with van der Waals surface area (Å²) >= 11 is 0. The fourth-order valence-electron chi connectivity index (χ4n) is 1.96. The summed E-state index contributed by atoms with van der Waals surface area (Å²) in [6.45, 7) is 8.27. The fourth-order valence-corrected chi connectivity index (χ4v) is 1.96. The molecule has 0 fully saturated rings. The first-order valence-corrected chi connectivity index (χ1v) is 6.19. The van der Waals surface area contributed by atoms with Crippen molar-refractivity contribution in [1.29, 1.82) is 0 Å². The molecule has 2 rings (SSSR count). The largest absolute Gasteiger partial charge is 0.476 e. The second-order valence-corrected chi connectivity index (χ2v) is 5.65. The summed E-state index contributed by atoms with van der Waals surface area (Å²) in [4.78, 5) is 14.9. The normalized spacial score (nSPS) is 11.6. The predicted molar refractivity (Wildman–Crippen MR) is 74.0 cm³/mol. The molecule has 0 radical (unpaired) electrons. The van der Waals surface area contributed by atoms with E-state index in [1.54, 1.807) is 17.7 Å². The molecule has 100 valence electrons. The van der Waals surface area contributed by atoms with Crippen molar-refractivity contribution in [1.82, 2.24) is 9.55 Å². The summed E-state index contributed by atoms with van der Waals surface area (Å²) < 4.78 is 1.79. The number of carboxylic acids is 1. The molecule has 0 spiro atoms. The SMILES string of the molecule is Cc1nc(C(=O)O)cn1-c1ccc(C(C)(C)C)cc1. The number of aromatic carboxylic acids is 1. The van der Waals surface area contributed by atoms with Crippen LogP contribution in [0.4, 0.5) is 0 Å². The van der Waals surface area contributed by atoms with E-state index in [9.17, 15) is 4.79 Å². The molecular formula is C15H18N2O2. The van der Waals surface area contributed by atoms with E-state index in [0.717, 1.165) is 5.69 Å². The highest BCUT2D eigenvalue weighted by molar-refractivity contribution is 5.85. The molecule has 0 bridgehead atoms. The Morgan fingerprint density at radius 3 is 2.21 bits per heavy atom. The first-order chi connectivity index (χ1) is 8.79. The van der Waals surface area contributed by atoms with E-state index < -0.39 is 5.97 Å². The molecule has 2 aromatic rings. The molecule has 0 aliphatic carbocycles. The summed E-state index contributed by atoms with van der Waals surface area (Å²) in [6, 6.07) is 8.10. The number of hydrogen-bond acceptors (Lipinski definition) is 2. The van der Waals surface area contributed by atoms with Crippen molar-refractivity contribution in [2.24, 2.45) is 0 Å². The maximum absolute atomic E-state index is 10.9. The minimum atomic E-state index is -1.01. The number of aryl methyl sites for hydroxylation is 1. The Bertz CT molecular complexity index is 604. The highest BCUT2D eigenvalue weighted by atomic mass is 16.4. The number of nitrogens with zero attached hydrogens (tertiary/aromatic N) is 2. The van der Waals surface area contributed by atoms with Crippen molar-refractivity contribution >= 4 is 5.97 Å². The van der Waals surface area contributed by atoms with Crippen LogP contribution in [0.5, 0.6) is 0 Å². The summed E-state index contributed by atoms with van der Waals surface area (Å²) in [7, 11) is 0. The van der Waals surface area contributed by atoms with Crippen LogP contribution >= 0.6 is 0 Å². The zero-order valence-electron chi connectivity index (χ0n) is 11.6. The lowest BCUT2D eigenvalue weighted by atomic mass is 9.87. The number of aromatic nitrogens is 2. The van der Waals surface area contributed by atoms with Crippen LogP contribution in [0.3, 0.4) is 0 Å². The zero-order valence-corrected chi connectivity index (χ0v) is 11.6. The fraction of sp³-hybridized carbons (Fsp3) is 0.333. The van der Waals surface area contributed by atoms with Crippen LogP contribution in [-0.2, 0) is 5.41 Å². The van der Waals surface area contributed by atoms with Crippen molar-refractivity contribution < 1.29 is 9.90 Å². The van der Waals surface area contributed by atoms with E-state index in [1.807, 2.05) is 12.1 Å². The van der Waals surface area contributed by atoms with Crippen LogP contribution < -0.4 is 0 Å². The van der Waals surface area contributed by atoms with Gasteiger partial charge >= 0.3 is 5.97 Å². The summed E-state index contributed by atoms with van der Waals surface area (Å²) in [5.41, 5.74) is 2.34. The second kappa shape index (κ2) is 4.53. The summed E-state index contributed by atoms with van der Waals surface area (Å²) in [6.07, 6.45) is 1.55. The number of carbonyl (C=O) groups is 1. The molecule has 1 aromatic carbocycles. The van der Waals surface area contributed by atoms with Crippen LogP contribution in [0.25, 0.3) is 5.69 Å². The Labute approximate surface area is 112 Å². The predicted octanol–water partition coefficient (Wildman–Crippen LogP) is 3.18. The molecule has 0 atom stereocenters. The molecule has 0 amide bonds. The molecule has 0 aliphatic heterocycles. The van der Waals surface area contributed by atoms with Gasteiger partial charge in [-0.15, -0.1) is 0 Å². The standard InChI is InChI=1S/C15H18N2O2/c1-10-16-13(14(18)19)9-17(10)12-7-5-11(6-8-12)15(2,3)4/h5-9H,1-4H3,(H,18,19). The molecule has 0 aliphatic rings. The zero-order chi connectivity index (χ0) is 14.2. The van der Waals surface area contributed by atoms with Crippen LogP contribution in [-0.4, -0.2) is 20.6 Å². The van der Waals surface area contributed by atoms with Gasteiger partial charge in [0.15, 0.2) is 5.69 Å². The first-order valence-electron chi connectivity index (χ1n) is 6.19. The molecule has 0 saturated heterocycles. The number of imidazole rings is 1. The van der Waals surface area contributed by atoms with Crippen molar-refractivity contribution in [3.05, 3.63) is 47.5 Å². The molecule has 0 saturated carbocycles. The van der Waals surface area contributed by atoms with Gasteiger partial charge in [-0.1, -0.05) is 32.9 Å². The van der Waals surface area contributed by atoms with Crippen LogP contribution in [0.15, 0.2) is 30.5 Å². The van der Waals surface area contributed by atoms with Gasteiger partial charge in [-0.25, -0.2) is 9.78 Å². The Balaban J connectivity index is 2.40. The lowest BCUT2D eigenvalue weighted by molar-refractivity contribution is 0.0691. The third-order valence-corrected chi connectivity index (χ3v) is 3.11. The van der Waals surface area contributed by atoms with Crippen molar-refractivity contribution in [2.75, 3.05) is 0 Å². The molecule has 0 unspecified atom stereocenters. The first kappa shape index (κ1) is 13.3. The Morgan fingerprint density at radius 2 is 1.79 bits per heavy atom. The topological polar surface area (TPSA) is 55.1 Å². The van der Waals surface area contributed by atoms with Gasteiger partial charge in [-0.2, -0.15) is 0 Å². The average molecular weight is 258 g/mol. The smallest absolute Gasteiger partial charge is 0.356 e. The highest BCUT2D eigenvalue weighted by Gasteiger charge is 2.14. The highest BCUT2D eigenvalue weighted by Crippen LogP contribution is 2.23. The number of carboxylic acid groups (broad SMARTS) is 1. The third-order valence-electron chi connectivity index (χ3n) is 3.11. The number of hydrogen-bond donors (Lipinski definition) is 1. The van der Waals surface area contributed by atoms with Crippen molar-refractivity contribution in [3.8, 4) is 5.69 Å². The summed E-state index contributed by atoms with van der Waals surface area (Å²) in [5.74, 6) is -0.339. The average Bonchev–Trinajstić information content (AvgIpc) is 2.70. The van der Waals surface area contributed by atoms with Crippen LogP contribution in [0, 0.1) is 6.92 Å². The lowest BCUT2D eigenvalue weighted by Gasteiger charge is -2.19. The molecule has 4 heteroatoms. The quantitative estimate of drug-likeness (QED) is 0.900. The van der Waals surface area contributed by atoms with Gasteiger partial charge in [-0.05, 0) is 30.0 Å². The maximum atomic E-state index is 10.9. The van der Waals surface area contributed by atoms with Crippen LogP contribution in [0.2, 0.25) is 0 Å². The van der Waals surface area contributed by atoms with Gasteiger partial charge in [-0.3, -0.25) is 0 Å². The lowest BCUT2D eigenvalue weighted by Crippen LogP contribution is -2.10. The second-order valence-electron chi connectivity index (χ2n) is 5.65. The third kappa shape index (κ3) is 2.67. The Hall–Kier alpha value is -2.10. The van der Waals surface area contributed by atoms with Gasteiger partial charge in [0.25, 0.3) is 0 Å². The molecule has 1 aromatic heterocycles. The number of rotatable bonds is 2. The van der Waals surface area contributed by atoms with Crippen molar-refractivity contribution in [2.45, 2.75) is 33.1 Å². The minimum Gasteiger partial charge on any atom is -0.476 e. The Kier molecular flexibility index (Phi) is 3.18. The minimum absolute atomic E-state index is 0.0670. The molecule has 1 heterocycles. The van der Waals surface area contributed by atoms with Gasteiger partial charge in [0.05, 0.1) is 0 Å². The molecular weight excluding hydrogens is 240 g/mol. The molecule has 1 N–H and O–H groups in total. The van der Waals surface area contributed by atoms with Gasteiger partial charge in [0.1, 0.15) is 5.82 Å². The van der Waals surface area contributed by atoms with E-state index in [4.69, 9.17) is 5.11 Å². The molecule has 19 heavy (non-hydrogen) atoms. The van der Waals surface area contributed by atoms with Gasteiger partial charge in [0.2, 0.25) is 0 Å². The Morgan fingerprint density at radius 1 is 1.21 bits per heavy atom. The summed E-state index contributed by atoms with van der Waals surface area (Å²) in [5, 5.41) is 8.94. The van der Waals surface area contributed by atoms with E-state index >= 15 is 0 Å². The van der Waals surface area contributed by atoms with Gasteiger partial charge in [0, 0.05) is 11.9 Å².